The lowest BCUT2D eigenvalue weighted by molar-refractivity contribution is -0.140. The van der Waals surface area contributed by atoms with Crippen LogP contribution in [0.15, 0.2) is 30.3 Å². The van der Waals surface area contributed by atoms with Crippen LogP contribution in [-0.2, 0) is 6.18 Å². The van der Waals surface area contributed by atoms with E-state index < -0.39 is 11.9 Å². The minimum atomic E-state index is -4.42. The molecular formula is C16H17F3N2. The minimum absolute atomic E-state index is 0.255. The molecule has 0 aliphatic heterocycles. The molecule has 0 spiro atoms. The Morgan fingerprint density at radius 3 is 2.48 bits per heavy atom. The Hall–Kier alpha value is -1.78. The number of anilines is 1. The molecule has 21 heavy (non-hydrogen) atoms. The summed E-state index contributed by atoms with van der Waals surface area (Å²) < 4.78 is 39.0. The highest BCUT2D eigenvalue weighted by molar-refractivity contribution is 5.91. The Morgan fingerprint density at radius 2 is 1.76 bits per heavy atom. The van der Waals surface area contributed by atoms with E-state index in [1.807, 2.05) is 12.1 Å². The molecule has 0 atom stereocenters. The number of para-hydroxylation sites is 1. The summed E-state index contributed by atoms with van der Waals surface area (Å²) in [4.78, 5) is 3.74. The van der Waals surface area contributed by atoms with Crippen LogP contribution in [0.5, 0.6) is 0 Å². The molecular weight excluding hydrogens is 277 g/mol. The third-order valence-corrected chi connectivity index (χ3v) is 3.97. The number of nitrogens with one attached hydrogen (secondary N) is 1. The summed E-state index contributed by atoms with van der Waals surface area (Å²) in [5.74, 6) is 0. The Balaban J connectivity index is 2.01. The van der Waals surface area contributed by atoms with Crippen LogP contribution < -0.4 is 5.32 Å². The summed E-state index contributed by atoms with van der Waals surface area (Å²) in [6.45, 7) is 0. The molecule has 1 N–H and O–H groups in total. The van der Waals surface area contributed by atoms with E-state index in [2.05, 4.69) is 10.3 Å². The van der Waals surface area contributed by atoms with Crippen molar-refractivity contribution in [2.24, 2.45) is 0 Å². The molecule has 0 bridgehead atoms. The van der Waals surface area contributed by atoms with E-state index in [1.165, 1.54) is 6.42 Å². The number of aromatic nitrogens is 1. The van der Waals surface area contributed by atoms with Crippen LogP contribution in [-0.4, -0.2) is 11.0 Å². The van der Waals surface area contributed by atoms with Crippen LogP contribution in [0.2, 0.25) is 0 Å². The Kier molecular flexibility index (Phi) is 3.74. The zero-order valence-corrected chi connectivity index (χ0v) is 11.6. The quantitative estimate of drug-likeness (QED) is 0.843. The molecule has 1 fully saturated rings. The van der Waals surface area contributed by atoms with E-state index in [1.54, 1.807) is 12.1 Å². The topological polar surface area (TPSA) is 24.9 Å². The third kappa shape index (κ3) is 3.12. The van der Waals surface area contributed by atoms with Gasteiger partial charge in [0.2, 0.25) is 0 Å². The molecule has 1 saturated carbocycles. The fraction of sp³-hybridized carbons (Fsp3) is 0.438. The normalized spacial score (nSPS) is 17.1. The van der Waals surface area contributed by atoms with Gasteiger partial charge in [-0.3, -0.25) is 0 Å². The number of alkyl halides is 3. The highest BCUT2D eigenvalue weighted by Crippen LogP contribution is 2.34. The van der Waals surface area contributed by atoms with Crippen LogP contribution in [0.1, 0.15) is 37.8 Å². The number of hydrogen-bond donors (Lipinski definition) is 1. The predicted octanol–water partition coefficient (Wildman–Crippen LogP) is 5.00. The molecule has 2 nitrogen and oxygen atoms in total. The Bertz CT molecular complexity index is 631. The van der Waals surface area contributed by atoms with E-state index >= 15 is 0 Å². The van der Waals surface area contributed by atoms with Gasteiger partial charge in [-0.1, -0.05) is 37.5 Å². The van der Waals surface area contributed by atoms with Crippen molar-refractivity contribution in [2.75, 3.05) is 5.32 Å². The summed E-state index contributed by atoms with van der Waals surface area (Å²) in [6, 6.07) is 8.36. The standard InChI is InChI=1S/C16H17F3N2/c17-16(18,19)15-10-14(20-11-6-2-1-3-7-11)12-8-4-5-9-13(12)21-15/h4-5,8-11H,1-3,6-7H2,(H,20,21). The molecule has 1 aliphatic rings. The molecule has 3 rings (SSSR count). The van der Waals surface area contributed by atoms with Gasteiger partial charge >= 0.3 is 6.18 Å². The number of rotatable bonds is 2. The lowest BCUT2D eigenvalue weighted by Crippen LogP contribution is -2.23. The summed E-state index contributed by atoms with van der Waals surface area (Å²) in [5, 5.41) is 4.04. The monoisotopic (exact) mass is 294 g/mol. The molecule has 0 radical (unpaired) electrons. The van der Waals surface area contributed by atoms with Crippen LogP contribution in [0, 0.1) is 0 Å². The second-order valence-corrected chi connectivity index (χ2v) is 5.55. The lowest BCUT2D eigenvalue weighted by Gasteiger charge is -2.25. The lowest BCUT2D eigenvalue weighted by atomic mass is 9.95. The van der Waals surface area contributed by atoms with Gasteiger partial charge in [-0.15, -0.1) is 0 Å². The van der Waals surface area contributed by atoms with Crippen molar-refractivity contribution in [2.45, 2.75) is 44.3 Å². The van der Waals surface area contributed by atoms with Crippen molar-refractivity contribution in [1.82, 2.24) is 4.98 Å². The first-order valence-corrected chi connectivity index (χ1v) is 7.27. The molecule has 0 amide bonds. The van der Waals surface area contributed by atoms with Crippen molar-refractivity contribution in [3.8, 4) is 0 Å². The second-order valence-electron chi connectivity index (χ2n) is 5.55. The first-order chi connectivity index (χ1) is 10.0. The van der Waals surface area contributed by atoms with Gasteiger partial charge in [0, 0.05) is 17.1 Å². The summed E-state index contributed by atoms with van der Waals surface area (Å²) >= 11 is 0. The smallest absolute Gasteiger partial charge is 0.382 e. The van der Waals surface area contributed by atoms with E-state index in [0.717, 1.165) is 37.1 Å². The van der Waals surface area contributed by atoms with E-state index in [-0.39, 0.29) is 6.04 Å². The largest absolute Gasteiger partial charge is 0.433 e. The van der Waals surface area contributed by atoms with Gasteiger partial charge < -0.3 is 5.32 Å². The summed E-state index contributed by atoms with van der Waals surface area (Å²) in [7, 11) is 0. The van der Waals surface area contributed by atoms with Crippen molar-refractivity contribution < 1.29 is 13.2 Å². The average molecular weight is 294 g/mol. The van der Waals surface area contributed by atoms with Crippen molar-refractivity contribution in [3.63, 3.8) is 0 Å². The zero-order valence-electron chi connectivity index (χ0n) is 11.6. The maximum atomic E-state index is 13.0. The number of halogens is 3. The van der Waals surface area contributed by atoms with Gasteiger partial charge in [-0.05, 0) is 25.0 Å². The average Bonchev–Trinajstić information content (AvgIpc) is 2.47. The predicted molar refractivity (Wildman–Crippen MR) is 77.2 cm³/mol. The van der Waals surface area contributed by atoms with Gasteiger partial charge in [-0.25, -0.2) is 4.98 Å². The van der Waals surface area contributed by atoms with E-state index in [9.17, 15) is 13.2 Å². The fourth-order valence-corrected chi connectivity index (χ4v) is 2.91. The highest BCUT2D eigenvalue weighted by Gasteiger charge is 2.33. The molecule has 1 aromatic heterocycles. The van der Waals surface area contributed by atoms with Crippen molar-refractivity contribution >= 4 is 16.6 Å². The van der Waals surface area contributed by atoms with Crippen molar-refractivity contribution in [3.05, 3.63) is 36.0 Å². The molecule has 0 saturated heterocycles. The molecule has 5 heteroatoms. The van der Waals surface area contributed by atoms with Crippen LogP contribution in [0.3, 0.4) is 0 Å². The second kappa shape index (κ2) is 5.54. The van der Waals surface area contributed by atoms with Crippen molar-refractivity contribution in [1.29, 1.82) is 0 Å². The van der Waals surface area contributed by atoms with Gasteiger partial charge in [-0.2, -0.15) is 13.2 Å². The maximum absolute atomic E-state index is 13.0. The molecule has 1 heterocycles. The fourth-order valence-electron chi connectivity index (χ4n) is 2.91. The summed E-state index contributed by atoms with van der Waals surface area (Å²) in [6.07, 6.45) is 1.08. The number of fused-ring (bicyclic) bond motifs is 1. The Morgan fingerprint density at radius 1 is 1.05 bits per heavy atom. The SMILES string of the molecule is FC(F)(F)c1cc(NC2CCCCC2)c2ccccc2n1. The molecule has 2 aromatic rings. The van der Waals surface area contributed by atoms with Crippen LogP contribution in [0.4, 0.5) is 18.9 Å². The minimum Gasteiger partial charge on any atom is -0.382 e. The zero-order chi connectivity index (χ0) is 14.9. The molecule has 0 unspecified atom stereocenters. The molecule has 1 aliphatic carbocycles. The Labute approximate surface area is 121 Å². The first kappa shape index (κ1) is 14.2. The number of hydrogen-bond acceptors (Lipinski definition) is 2. The van der Waals surface area contributed by atoms with Gasteiger partial charge in [0.05, 0.1) is 5.52 Å². The van der Waals surface area contributed by atoms with Gasteiger partial charge in [0.25, 0.3) is 0 Å². The maximum Gasteiger partial charge on any atom is 0.433 e. The van der Waals surface area contributed by atoms with Gasteiger partial charge in [0.1, 0.15) is 5.69 Å². The highest BCUT2D eigenvalue weighted by atomic mass is 19.4. The third-order valence-electron chi connectivity index (χ3n) is 3.97. The van der Waals surface area contributed by atoms with E-state index in [0.29, 0.717) is 11.2 Å². The van der Waals surface area contributed by atoms with Crippen LogP contribution >= 0.6 is 0 Å². The molecule has 1 aromatic carbocycles. The number of pyridine rings is 1. The van der Waals surface area contributed by atoms with Gasteiger partial charge in [0.15, 0.2) is 0 Å². The number of benzene rings is 1. The van der Waals surface area contributed by atoms with Crippen LogP contribution in [0.25, 0.3) is 10.9 Å². The summed E-state index contributed by atoms with van der Waals surface area (Å²) in [5.41, 5.74) is 0.0879. The first-order valence-electron chi connectivity index (χ1n) is 7.27. The molecule has 112 valence electrons. The number of nitrogens with zero attached hydrogens (tertiary/aromatic N) is 1. The van der Waals surface area contributed by atoms with E-state index in [4.69, 9.17) is 0 Å².